The van der Waals surface area contributed by atoms with Crippen LogP contribution >= 0.6 is 0 Å². The molecule has 0 bridgehead atoms. The van der Waals surface area contributed by atoms with Crippen LogP contribution in [-0.4, -0.2) is 32.1 Å². The van der Waals surface area contributed by atoms with Crippen molar-refractivity contribution < 1.29 is 23.4 Å². The lowest BCUT2D eigenvalue weighted by Crippen LogP contribution is -2.50. The molecule has 1 fully saturated rings. The van der Waals surface area contributed by atoms with Crippen LogP contribution in [0, 0.1) is 0 Å². The normalized spacial score (nSPS) is 30.7. The van der Waals surface area contributed by atoms with Gasteiger partial charge in [0.05, 0.1) is 19.1 Å². The number of rotatable bonds is 1. The van der Waals surface area contributed by atoms with Gasteiger partial charge in [0.2, 0.25) is 5.91 Å². The van der Waals surface area contributed by atoms with E-state index in [0.29, 0.717) is 18.8 Å². The Hall–Kier alpha value is -2.83. The molecule has 1 aromatic carbocycles. The molecule has 136 valence electrons. The highest BCUT2D eigenvalue weighted by molar-refractivity contribution is 6.13. The number of ether oxygens (including phenoxy) is 3. The third-order valence-corrected chi connectivity index (χ3v) is 6.12. The highest BCUT2D eigenvalue weighted by Crippen LogP contribution is 2.60. The van der Waals surface area contributed by atoms with Crippen LogP contribution in [0.15, 0.2) is 64.7 Å². The molecule has 1 aliphatic carbocycles. The van der Waals surface area contributed by atoms with Gasteiger partial charge < -0.3 is 23.5 Å². The fourth-order valence-electron chi connectivity index (χ4n) is 4.99. The van der Waals surface area contributed by atoms with E-state index in [0.717, 1.165) is 28.0 Å². The molecule has 0 N–H and O–H groups in total. The zero-order valence-electron chi connectivity index (χ0n) is 14.7. The van der Waals surface area contributed by atoms with Gasteiger partial charge in [-0.15, -0.1) is 0 Å². The van der Waals surface area contributed by atoms with E-state index < -0.39 is 11.2 Å². The fourth-order valence-corrected chi connectivity index (χ4v) is 4.99. The number of fused-ring (bicyclic) bond motifs is 3. The molecule has 1 aromatic heterocycles. The van der Waals surface area contributed by atoms with E-state index in [9.17, 15) is 4.79 Å². The number of likely N-dealkylation sites (N-methyl/N-ethyl adjacent to an activating group) is 1. The maximum Gasteiger partial charge on any atom is 0.255 e. The molecule has 2 atom stereocenters. The zero-order chi connectivity index (χ0) is 18.2. The summed E-state index contributed by atoms with van der Waals surface area (Å²) in [6.45, 7) is 0.511. The number of furan rings is 1. The van der Waals surface area contributed by atoms with E-state index in [4.69, 9.17) is 18.6 Å². The number of nitrogens with zero attached hydrogens (tertiary/aromatic N) is 1. The average molecular weight is 363 g/mol. The Balaban J connectivity index is 1.68. The van der Waals surface area contributed by atoms with E-state index in [1.54, 1.807) is 17.4 Å². The second-order valence-electron chi connectivity index (χ2n) is 7.21. The summed E-state index contributed by atoms with van der Waals surface area (Å²) in [5.74, 6) is -0.406. The Morgan fingerprint density at radius 1 is 1.15 bits per heavy atom. The summed E-state index contributed by atoms with van der Waals surface area (Å²) < 4.78 is 22.9. The van der Waals surface area contributed by atoms with Crippen molar-refractivity contribution in [2.24, 2.45) is 0 Å². The van der Waals surface area contributed by atoms with Crippen molar-refractivity contribution in [2.45, 2.75) is 17.6 Å². The summed E-state index contributed by atoms with van der Waals surface area (Å²) in [4.78, 5) is 15.4. The van der Waals surface area contributed by atoms with E-state index in [-0.39, 0.29) is 12.7 Å². The molecule has 1 amide bonds. The van der Waals surface area contributed by atoms with E-state index >= 15 is 0 Å². The first-order chi connectivity index (χ1) is 13.2. The number of anilines is 1. The van der Waals surface area contributed by atoms with Gasteiger partial charge in [-0.05, 0) is 30.2 Å². The minimum absolute atomic E-state index is 0.0235. The molecule has 0 saturated carbocycles. The zero-order valence-corrected chi connectivity index (χ0v) is 14.7. The summed E-state index contributed by atoms with van der Waals surface area (Å²) >= 11 is 0. The van der Waals surface area contributed by atoms with Gasteiger partial charge in [0.25, 0.3) is 5.79 Å². The molecule has 2 aromatic rings. The van der Waals surface area contributed by atoms with Crippen molar-refractivity contribution >= 4 is 11.6 Å². The van der Waals surface area contributed by atoms with Crippen LogP contribution in [0.25, 0.3) is 11.1 Å². The topological polar surface area (TPSA) is 61.1 Å². The van der Waals surface area contributed by atoms with Gasteiger partial charge in [-0.1, -0.05) is 18.2 Å². The standard InChI is InChI=1S/C21H17NO5/c1-22-15-4-2-3-14(13-6-9-24-11-13)18(15)20(19(22)23)8-5-17-21(27-12-25-17)16(20)7-10-26-21/h2-7,9,11H,8,10,12H2,1H3/t20-,21?/m1/s1. The van der Waals surface area contributed by atoms with Crippen LogP contribution in [0.3, 0.4) is 0 Å². The molecule has 1 unspecified atom stereocenters. The largest absolute Gasteiger partial charge is 0.472 e. The lowest BCUT2D eigenvalue weighted by atomic mass is 9.65. The molecular formula is C21H17NO5. The third kappa shape index (κ3) is 1.62. The number of carbonyl (C=O) groups excluding carboxylic acids is 1. The number of benzene rings is 1. The maximum atomic E-state index is 13.7. The molecule has 1 saturated heterocycles. The number of hydrogen-bond acceptors (Lipinski definition) is 5. The highest BCUT2D eigenvalue weighted by Gasteiger charge is 2.65. The lowest BCUT2D eigenvalue weighted by molar-refractivity contribution is -0.156. The number of amides is 1. The molecular weight excluding hydrogens is 346 g/mol. The van der Waals surface area contributed by atoms with Crippen molar-refractivity contribution in [3.63, 3.8) is 0 Å². The molecule has 3 aliphatic heterocycles. The Morgan fingerprint density at radius 2 is 2.07 bits per heavy atom. The van der Waals surface area contributed by atoms with Crippen LogP contribution in [0.1, 0.15) is 12.0 Å². The molecule has 4 aliphatic rings. The molecule has 6 nitrogen and oxygen atoms in total. The van der Waals surface area contributed by atoms with Gasteiger partial charge in [-0.2, -0.15) is 0 Å². The van der Waals surface area contributed by atoms with Crippen LogP contribution in [0.2, 0.25) is 0 Å². The minimum Gasteiger partial charge on any atom is -0.472 e. The van der Waals surface area contributed by atoms with Gasteiger partial charge >= 0.3 is 0 Å². The molecule has 6 rings (SSSR count). The monoisotopic (exact) mass is 363 g/mol. The predicted molar refractivity (Wildman–Crippen MR) is 95.7 cm³/mol. The lowest BCUT2D eigenvalue weighted by Gasteiger charge is -2.40. The molecule has 27 heavy (non-hydrogen) atoms. The number of allylic oxidation sites excluding steroid dienone is 1. The quantitative estimate of drug-likeness (QED) is 0.729. The first-order valence-corrected chi connectivity index (χ1v) is 8.95. The van der Waals surface area contributed by atoms with Crippen molar-refractivity contribution in [2.75, 3.05) is 25.3 Å². The Bertz CT molecular complexity index is 1040. The first kappa shape index (κ1) is 15.2. The van der Waals surface area contributed by atoms with Crippen LogP contribution in [-0.2, 0) is 24.4 Å². The fraction of sp³-hybridized carbons (Fsp3) is 0.286. The molecule has 6 heteroatoms. The minimum atomic E-state index is -1.08. The summed E-state index contributed by atoms with van der Waals surface area (Å²) in [6, 6.07) is 7.91. The van der Waals surface area contributed by atoms with Gasteiger partial charge in [0, 0.05) is 29.4 Å². The Kier molecular flexibility index (Phi) is 2.77. The van der Waals surface area contributed by atoms with Crippen molar-refractivity contribution in [3.05, 3.63) is 65.8 Å². The summed E-state index contributed by atoms with van der Waals surface area (Å²) in [5, 5.41) is 0. The third-order valence-electron chi connectivity index (χ3n) is 6.12. The smallest absolute Gasteiger partial charge is 0.255 e. The highest BCUT2D eigenvalue weighted by atomic mass is 16.8. The summed E-state index contributed by atoms with van der Waals surface area (Å²) in [5.41, 5.74) is 3.76. The van der Waals surface area contributed by atoms with E-state index in [1.807, 2.05) is 43.5 Å². The van der Waals surface area contributed by atoms with Gasteiger partial charge in [-0.3, -0.25) is 4.79 Å². The Morgan fingerprint density at radius 3 is 2.93 bits per heavy atom. The SMILES string of the molecule is CN1C(=O)[C@@]2(CC=C3OCOC34OCC=C42)c2c(-c3ccoc3)cccc21. The van der Waals surface area contributed by atoms with Gasteiger partial charge in [0.15, 0.2) is 12.6 Å². The van der Waals surface area contributed by atoms with Crippen LogP contribution in [0.4, 0.5) is 5.69 Å². The maximum absolute atomic E-state index is 13.7. The van der Waals surface area contributed by atoms with Crippen LogP contribution < -0.4 is 4.90 Å². The number of hydrogen-bond donors (Lipinski definition) is 0. The predicted octanol–water partition coefficient (Wildman–Crippen LogP) is 3.11. The average Bonchev–Trinajstić information content (AvgIpc) is 3.46. The summed E-state index contributed by atoms with van der Waals surface area (Å²) in [7, 11) is 1.82. The number of carbonyl (C=O) groups is 1. The van der Waals surface area contributed by atoms with Crippen molar-refractivity contribution in [3.8, 4) is 11.1 Å². The Labute approximate surface area is 155 Å². The summed E-state index contributed by atoms with van der Waals surface area (Å²) in [6.07, 6.45) is 7.79. The van der Waals surface area contributed by atoms with Gasteiger partial charge in [0.1, 0.15) is 5.41 Å². The van der Waals surface area contributed by atoms with Crippen molar-refractivity contribution in [1.82, 2.24) is 0 Å². The van der Waals surface area contributed by atoms with E-state index in [1.165, 1.54) is 0 Å². The van der Waals surface area contributed by atoms with E-state index in [2.05, 4.69) is 0 Å². The first-order valence-electron chi connectivity index (χ1n) is 8.95. The van der Waals surface area contributed by atoms with Crippen LogP contribution in [0.5, 0.6) is 0 Å². The van der Waals surface area contributed by atoms with Crippen molar-refractivity contribution in [1.29, 1.82) is 0 Å². The van der Waals surface area contributed by atoms with Gasteiger partial charge in [-0.25, -0.2) is 0 Å². The molecule has 0 radical (unpaired) electrons. The second-order valence-corrected chi connectivity index (χ2v) is 7.21. The molecule has 4 heterocycles. The molecule has 2 spiro atoms. The second kappa shape index (κ2) is 4.91.